The number of rotatable bonds is 9. The minimum Gasteiger partial charge on any atom is -0.466 e. The summed E-state index contributed by atoms with van der Waals surface area (Å²) in [6, 6.07) is 3.74. The van der Waals surface area contributed by atoms with Gasteiger partial charge in [-0.25, -0.2) is 9.97 Å². The number of nitrogens with one attached hydrogen (secondary N) is 1. The number of anilines is 1. The van der Waals surface area contributed by atoms with E-state index in [0.29, 0.717) is 37.5 Å². The van der Waals surface area contributed by atoms with E-state index in [0.717, 1.165) is 24.1 Å². The number of nitriles is 1. The highest BCUT2D eigenvalue weighted by Gasteiger charge is 2.21. The van der Waals surface area contributed by atoms with Crippen LogP contribution in [-0.4, -0.2) is 22.5 Å². The van der Waals surface area contributed by atoms with Crippen LogP contribution in [0.5, 0.6) is 0 Å². The van der Waals surface area contributed by atoms with E-state index in [2.05, 4.69) is 21.4 Å². The lowest BCUT2D eigenvalue weighted by Crippen LogP contribution is -2.20. The van der Waals surface area contributed by atoms with Crippen molar-refractivity contribution in [3.8, 4) is 6.07 Å². The fraction of sp³-hybridized carbons (Fsp3) is 0.400. The summed E-state index contributed by atoms with van der Waals surface area (Å²) in [5, 5.41) is 12.1. The van der Waals surface area contributed by atoms with Gasteiger partial charge in [0.05, 0.1) is 18.6 Å². The van der Waals surface area contributed by atoms with Crippen molar-refractivity contribution in [2.24, 2.45) is 11.7 Å². The lowest BCUT2D eigenvalue weighted by atomic mass is 9.98. The number of ether oxygens (including phenoxy) is 1. The second-order valence-electron chi connectivity index (χ2n) is 6.22. The largest absolute Gasteiger partial charge is 0.466 e. The lowest BCUT2D eigenvalue weighted by molar-refractivity contribution is -0.146. The van der Waals surface area contributed by atoms with Crippen LogP contribution in [0, 0.1) is 17.2 Å². The van der Waals surface area contributed by atoms with Crippen LogP contribution >= 0.6 is 11.6 Å². The van der Waals surface area contributed by atoms with Gasteiger partial charge in [0.25, 0.3) is 0 Å². The van der Waals surface area contributed by atoms with Gasteiger partial charge in [-0.05, 0) is 32.3 Å². The van der Waals surface area contributed by atoms with Crippen molar-refractivity contribution in [3.63, 3.8) is 0 Å². The molecule has 1 atom stereocenters. The van der Waals surface area contributed by atoms with E-state index in [4.69, 9.17) is 27.3 Å². The summed E-state index contributed by atoms with van der Waals surface area (Å²) in [6.07, 6.45) is 10.2. The van der Waals surface area contributed by atoms with Crippen LogP contribution < -0.4 is 11.1 Å². The number of carbonyl (C=O) groups excluding carboxylic acids is 1. The number of carbonyl (C=O) groups is 1. The van der Waals surface area contributed by atoms with Crippen molar-refractivity contribution < 1.29 is 9.53 Å². The van der Waals surface area contributed by atoms with E-state index < -0.39 is 0 Å². The summed E-state index contributed by atoms with van der Waals surface area (Å²) in [7, 11) is 0. The molecule has 0 amide bonds. The molecule has 1 heterocycles. The van der Waals surface area contributed by atoms with Crippen molar-refractivity contribution in [2.45, 2.75) is 39.0 Å². The highest BCUT2D eigenvalue weighted by atomic mass is 35.5. The van der Waals surface area contributed by atoms with Gasteiger partial charge < -0.3 is 15.8 Å². The van der Waals surface area contributed by atoms with Crippen LogP contribution in [0.4, 0.5) is 5.82 Å². The van der Waals surface area contributed by atoms with Crippen molar-refractivity contribution in [1.82, 2.24) is 9.97 Å². The average molecular weight is 402 g/mol. The number of hydrogen-bond acceptors (Lipinski definition) is 7. The Morgan fingerprint density at radius 3 is 3.04 bits per heavy atom. The molecule has 7 nitrogen and oxygen atoms in total. The minimum atomic E-state index is -0.330. The maximum absolute atomic E-state index is 12.0. The molecule has 1 unspecified atom stereocenters. The average Bonchev–Trinajstić information content (AvgIpc) is 2.68. The van der Waals surface area contributed by atoms with Crippen LogP contribution in [0.3, 0.4) is 0 Å². The van der Waals surface area contributed by atoms with E-state index >= 15 is 0 Å². The number of esters is 1. The zero-order valence-electron chi connectivity index (χ0n) is 15.8. The number of nitrogens with two attached hydrogens (primary N) is 1. The van der Waals surface area contributed by atoms with Crippen LogP contribution in [0.15, 0.2) is 36.2 Å². The first-order chi connectivity index (χ1) is 13.6. The van der Waals surface area contributed by atoms with Crippen molar-refractivity contribution >= 4 is 29.0 Å². The molecule has 0 radical (unpaired) electrons. The van der Waals surface area contributed by atoms with Crippen LogP contribution in [0.25, 0.3) is 5.57 Å². The van der Waals surface area contributed by atoms with Crippen molar-refractivity contribution in [2.75, 3.05) is 11.9 Å². The van der Waals surface area contributed by atoms with Crippen LogP contribution in [-0.2, 0) is 9.53 Å². The predicted octanol–water partition coefficient (Wildman–Crippen LogP) is 3.95. The van der Waals surface area contributed by atoms with Gasteiger partial charge in [0, 0.05) is 36.4 Å². The minimum absolute atomic E-state index is 0.252. The SMILES string of the molecule is CCOC(=O)C1C=CC=C(Nc2cc(Cl)nc(C(=CN)CCCCC#N)n2)C1. The molecule has 0 aliphatic heterocycles. The van der Waals surface area contributed by atoms with E-state index in [1.54, 1.807) is 13.0 Å². The number of allylic oxidation sites excluding steroid dienone is 4. The summed E-state index contributed by atoms with van der Waals surface area (Å²) in [5.41, 5.74) is 7.34. The number of nitrogens with zero attached hydrogens (tertiary/aromatic N) is 3. The molecule has 0 saturated carbocycles. The normalized spacial score (nSPS) is 16.2. The Labute approximate surface area is 169 Å². The summed E-state index contributed by atoms with van der Waals surface area (Å²) < 4.78 is 5.09. The maximum atomic E-state index is 12.0. The van der Waals surface area contributed by atoms with Gasteiger partial charge in [0.2, 0.25) is 0 Å². The quantitative estimate of drug-likeness (QED) is 0.365. The molecule has 1 aliphatic rings. The topological polar surface area (TPSA) is 114 Å². The Bertz CT molecular complexity index is 826. The number of hydrogen-bond donors (Lipinski definition) is 2. The third-order valence-electron chi connectivity index (χ3n) is 4.13. The molecule has 8 heteroatoms. The molecule has 0 spiro atoms. The van der Waals surface area contributed by atoms with Gasteiger partial charge in [-0.1, -0.05) is 23.8 Å². The van der Waals surface area contributed by atoms with Crippen molar-refractivity contribution in [3.05, 3.63) is 47.2 Å². The van der Waals surface area contributed by atoms with Gasteiger partial charge >= 0.3 is 5.97 Å². The fourth-order valence-electron chi connectivity index (χ4n) is 2.76. The van der Waals surface area contributed by atoms with Crippen LogP contribution in [0.1, 0.15) is 44.9 Å². The molecular weight excluding hydrogens is 378 g/mol. The van der Waals surface area contributed by atoms with Gasteiger partial charge in [0.15, 0.2) is 5.82 Å². The van der Waals surface area contributed by atoms with Gasteiger partial charge in [0.1, 0.15) is 11.0 Å². The Balaban J connectivity index is 2.08. The molecule has 1 aliphatic carbocycles. The molecule has 28 heavy (non-hydrogen) atoms. The molecule has 0 aromatic carbocycles. The van der Waals surface area contributed by atoms with Crippen molar-refractivity contribution in [1.29, 1.82) is 5.26 Å². The Hall–Kier alpha value is -2.85. The molecule has 148 valence electrons. The summed E-state index contributed by atoms with van der Waals surface area (Å²) in [4.78, 5) is 20.7. The first-order valence-corrected chi connectivity index (χ1v) is 9.58. The first kappa shape index (κ1) is 21.5. The van der Waals surface area contributed by atoms with E-state index in [-0.39, 0.29) is 17.0 Å². The third-order valence-corrected chi connectivity index (χ3v) is 4.32. The number of halogens is 1. The monoisotopic (exact) mass is 401 g/mol. The predicted molar refractivity (Wildman–Crippen MR) is 109 cm³/mol. The highest BCUT2D eigenvalue weighted by molar-refractivity contribution is 6.29. The molecule has 3 N–H and O–H groups in total. The zero-order valence-corrected chi connectivity index (χ0v) is 16.6. The third kappa shape index (κ3) is 6.39. The Morgan fingerprint density at radius 1 is 1.50 bits per heavy atom. The molecule has 1 aromatic rings. The lowest BCUT2D eigenvalue weighted by Gasteiger charge is -2.18. The molecular formula is C20H24ClN5O2. The molecule has 0 saturated heterocycles. The molecule has 0 bridgehead atoms. The van der Waals surface area contributed by atoms with Gasteiger partial charge in [-0.3, -0.25) is 4.79 Å². The maximum Gasteiger partial charge on any atom is 0.313 e. The zero-order chi connectivity index (χ0) is 20.4. The van der Waals surface area contributed by atoms with E-state index in [1.807, 2.05) is 18.2 Å². The standard InChI is InChI=1S/C20H24ClN5O2/c1-2-28-20(27)14-8-6-9-16(11-14)24-18-12-17(21)25-19(26-18)15(13-23)7-4-3-5-10-22/h6,8-9,12-14H,2-5,7,11,23H2,1H3,(H,24,25,26). The molecule has 1 aromatic heterocycles. The molecule has 2 rings (SSSR count). The summed E-state index contributed by atoms with van der Waals surface area (Å²) in [6.45, 7) is 2.13. The second-order valence-corrected chi connectivity index (χ2v) is 6.61. The number of aromatic nitrogens is 2. The fourth-order valence-corrected chi connectivity index (χ4v) is 2.95. The van der Waals surface area contributed by atoms with Gasteiger partial charge in [-0.2, -0.15) is 5.26 Å². The van der Waals surface area contributed by atoms with E-state index in [1.165, 1.54) is 6.20 Å². The highest BCUT2D eigenvalue weighted by Crippen LogP contribution is 2.25. The first-order valence-electron chi connectivity index (χ1n) is 9.21. The second kappa shape index (κ2) is 11.1. The molecule has 0 fully saturated rings. The smallest absolute Gasteiger partial charge is 0.313 e. The van der Waals surface area contributed by atoms with Gasteiger partial charge in [-0.15, -0.1) is 0 Å². The van der Waals surface area contributed by atoms with Crippen LogP contribution in [0.2, 0.25) is 5.15 Å². The summed E-state index contributed by atoms with van der Waals surface area (Å²) in [5.74, 6) is 0.390. The Kier molecular flexibility index (Phi) is 8.50. The number of unbranched alkanes of at least 4 members (excludes halogenated alkanes) is 2. The summed E-state index contributed by atoms with van der Waals surface area (Å²) >= 11 is 6.16. The Morgan fingerprint density at radius 2 is 2.32 bits per heavy atom. The van der Waals surface area contributed by atoms with E-state index in [9.17, 15) is 4.79 Å².